The van der Waals surface area contributed by atoms with E-state index in [1.807, 2.05) is 41.1 Å². The van der Waals surface area contributed by atoms with E-state index in [0.29, 0.717) is 31.0 Å². The van der Waals surface area contributed by atoms with Crippen molar-refractivity contribution < 1.29 is 9.84 Å². The van der Waals surface area contributed by atoms with Crippen LogP contribution in [0.5, 0.6) is 5.88 Å². The van der Waals surface area contributed by atoms with Crippen molar-refractivity contribution in [2.75, 3.05) is 26.3 Å². The standard InChI is InChI=1S/C23H28ClN3O2.H2S/c1-17(13-26-12-4-5-20(26)15-28)16-29-23-21-6-2-3-7-22(21)27(25-23)14-18-8-10-19(24)11-9-18;/h2-3,6-11,17,20,28H,4-5,12-16H2,1H3;1H2/t17-,20-;/m0./s1. The van der Waals surface area contributed by atoms with Gasteiger partial charge in [-0.2, -0.15) is 13.5 Å². The second-order valence-electron chi connectivity index (χ2n) is 8.00. The number of likely N-dealkylation sites (tertiary alicyclic amines) is 1. The molecule has 0 amide bonds. The van der Waals surface area contributed by atoms with Crippen LogP contribution in [0.1, 0.15) is 25.3 Å². The van der Waals surface area contributed by atoms with Crippen molar-refractivity contribution in [3.8, 4) is 5.88 Å². The number of aliphatic hydroxyl groups excluding tert-OH is 1. The molecule has 3 aromatic rings. The quantitative estimate of drug-likeness (QED) is 0.558. The zero-order valence-electron chi connectivity index (χ0n) is 17.3. The fourth-order valence-corrected chi connectivity index (χ4v) is 4.23. The van der Waals surface area contributed by atoms with Crippen LogP contribution >= 0.6 is 25.1 Å². The predicted octanol–water partition coefficient (Wildman–Crippen LogP) is 4.32. The Morgan fingerprint density at radius 3 is 2.73 bits per heavy atom. The zero-order chi connectivity index (χ0) is 20.2. The van der Waals surface area contributed by atoms with Crippen molar-refractivity contribution in [3.05, 3.63) is 59.1 Å². The van der Waals surface area contributed by atoms with E-state index in [-0.39, 0.29) is 20.1 Å². The third-order valence-electron chi connectivity index (χ3n) is 5.63. The Kier molecular flexibility index (Phi) is 8.06. The summed E-state index contributed by atoms with van der Waals surface area (Å²) < 4.78 is 8.14. The molecule has 30 heavy (non-hydrogen) atoms. The van der Waals surface area contributed by atoms with E-state index in [9.17, 15) is 5.11 Å². The van der Waals surface area contributed by atoms with E-state index >= 15 is 0 Å². The molecule has 1 aliphatic rings. The zero-order valence-corrected chi connectivity index (χ0v) is 19.1. The highest BCUT2D eigenvalue weighted by Crippen LogP contribution is 2.26. The molecule has 2 atom stereocenters. The summed E-state index contributed by atoms with van der Waals surface area (Å²) in [6.45, 7) is 5.72. The second kappa shape index (κ2) is 10.5. The van der Waals surface area contributed by atoms with E-state index in [0.717, 1.165) is 41.0 Å². The Hall–Kier alpha value is -1.73. The Labute approximate surface area is 190 Å². The van der Waals surface area contributed by atoms with Gasteiger partial charge in [-0.05, 0) is 49.2 Å². The topological polar surface area (TPSA) is 50.5 Å². The minimum Gasteiger partial charge on any atom is -0.476 e. The molecule has 7 heteroatoms. The third kappa shape index (κ3) is 5.30. The van der Waals surface area contributed by atoms with Crippen LogP contribution in [0.3, 0.4) is 0 Å². The number of aromatic nitrogens is 2. The van der Waals surface area contributed by atoms with E-state index in [4.69, 9.17) is 21.4 Å². The SMILES string of the molecule is C[C@H](COc1nn(Cc2ccc(Cl)cc2)c2ccccc12)CN1CCC[C@H]1CO.S. The first-order valence-corrected chi connectivity index (χ1v) is 10.7. The summed E-state index contributed by atoms with van der Waals surface area (Å²) in [4.78, 5) is 2.38. The van der Waals surface area contributed by atoms with Crippen LogP contribution in [0.25, 0.3) is 10.9 Å². The van der Waals surface area contributed by atoms with E-state index in [1.165, 1.54) is 6.42 Å². The Balaban J connectivity index is 0.00000256. The fraction of sp³-hybridized carbons (Fsp3) is 0.435. The molecule has 2 heterocycles. The predicted molar refractivity (Wildman–Crippen MR) is 127 cm³/mol. The first-order chi connectivity index (χ1) is 14.1. The van der Waals surface area contributed by atoms with Crippen molar-refractivity contribution in [1.29, 1.82) is 0 Å². The van der Waals surface area contributed by atoms with Gasteiger partial charge in [0.25, 0.3) is 0 Å². The first-order valence-electron chi connectivity index (χ1n) is 10.3. The molecule has 4 rings (SSSR count). The molecule has 0 unspecified atom stereocenters. The number of fused-ring (bicyclic) bond motifs is 1. The molecule has 0 spiro atoms. The average Bonchev–Trinajstić information content (AvgIpc) is 3.32. The average molecular weight is 448 g/mol. The number of nitrogens with zero attached hydrogens (tertiary/aromatic N) is 3. The fourth-order valence-electron chi connectivity index (χ4n) is 4.10. The summed E-state index contributed by atoms with van der Waals surface area (Å²) >= 11 is 6.00. The number of ether oxygens (including phenoxy) is 1. The molecular weight excluding hydrogens is 418 g/mol. The molecule has 1 aromatic heterocycles. The van der Waals surface area contributed by atoms with Crippen LogP contribution in [-0.2, 0) is 6.54 Å². The molecule has 1 saturated heterocycles. The minimum atomic E-state index is 0. The summed E-state index contributed by atoms with van der Waals surface area (Å²) in [6, 6.07) is 16.3. The van der Waals surface area contributed by atoms with Crippen LogP contribution in [0.4, 0.5) is 0 Å². The lowest BCUT2D eigenvalue weighted by atomic mass is 10.1. The molecule has 0 saturated carbocycles. The molecular formula is C23H30ClN3O2S. The monoisotopic (exact) mass is 447 g/mol. The molecule has 2 aromatic carbocycles. The third-order valence-corrected chi connectivity index (χ3v) is 5.88. The van der Waals surface area contributed by atoms with Gasteiger partial charge in [0.15, 0.2) is 0 Å². The molecule has 0 bridgehead atoms. The highest BCUT2D eigenvalue weighted by Gasteiger charge is 2.25. The lowest BCUT2D eigenvalue weighted by Crippen LogP contribution is -2.36. The number of rotatable bonds is 8. The highest BCUT2D eigenvalue weighted by molar-refractivity contribution is 7.59. The summed E-state index contributed by atoms with van der Waals surface area (Å²) in [6.07, 6.45) is 2.25. The van der Waals surface area contributed by atoms with E-state index in [2.05, 4.69) is 24.0 Å². The summed E-state index contributed by atoms with van der Waals surface area (Å²) in [5.74, 6) is 1.05. The van der Waals surface area contributed by atoms with Gasteiger partial charge in [-0.25, -0.2) is 0 Å². The normalized spacial score (nSPS) is 17.8. The number of aliphatic hydroxyl groups is 1. The summed E-state index contributed by atoms with van der Waals surface area (Å²) in [5.41, 5.74) is 2.21. The molecule has 162 valence electrons. The van der Waals surface area contributed by atoms with Gasteiger partial charge in [0, 0.05) is 23.5 Å². The lowest BCUT2D eigenvalue weighted by Gasteiger charge is -2.25. The van der Waals surface area contributed by atoms with Crippen molar-refractivity contribution in [2.45, 2.75) is 32.4 Å². The lowest BCUT2D eigenvalue weighted by molar-refractivity contribution is 0.128. The largest absolute Gasteiger partial charge is 0.476 e. The first kappa shape index (κ1) is 22.9. The number of halogens is 1. The smallest absolute Gasteiger partial charge is 0.240 e. The minimum absolute atomic E-state index is 0. The van der Waals surface area contributed by atoms with Gasteiger partial charge in [0.2, 0.25) is 5.88 Å². The Morgan fingerprint density at radius 2 is 1.97 bits per heavy atom. The van der Waals surface area contributed by atoms with Crippen LogP contribution < -0.4 is 4.74 Å². The van der Waals surface area contributed by atoms with Crippen molar-refractivity contribution in [3.63, 3.8) is 0 Å². The molecule has 5 nitrogen and oxygen atoms in total. The van der Waals surface area contributed by atoms with Gasteiger partial charge in [0.1, 0.15) is 0 Å². The van der Waals surface area contributed by atoms with E-state index < -0.39 is 0 Å². The number of para-hydroxylation sites is 1. The molecule has 0 radical (unpaired) electrons. The van der Waals surface area contributed by atoms with Crippen molar-refractivity contribution in [1.82, 2.24) is 14.7 Å². The maximum absolute atomic E-state index is 9.52. The van der Waals surface area contributed by atoms with Crippen LogP contribution in [0, 0.1) is 5.92 Å². The van der Waals surface area contributed by atoms with Crippen LogP contribution in [-0.4, -0.2) is 52.1 Å². The highest BCUT2D eigenvalue weighted by atomic mass is 35.5. The van der Waals surface area contributed by atoms with Gasteiger partial charge in [-0.1, -0.05) is 42.8 Å². The van der Waals surface area contributed by atoms with E-state index in [1.54, 1.807) is 0 Å². The Bertz CT molecular complexity index is 947. The molecule has 1 aliphatic heterocycles. The summed E-state index contributed by atoms with van der Waals surface area (Å²) in [7, 11) is 0. The number of hydrogen-bond acceptors (Lipinski definition) is 4. The van der Waals surface area contributed by atoms with Gasteiger partial charge in [-0.15, -0.1) is 5.10 Å². The number of benzene rings is 2. The molecule has 1 N–H and O–H groups in total. The molecule has 1 fully saturated rings. The van der Waals surface area contributed by atoms with Gasteiger partial charge in [0.05, 0.1) is 30.7 Å². The van der Waals surface area contributed by atoms with Gasteiger partial charge in [-0.3, -0.25) is 9.58 Å². The van der Waals surface area contributed by atoms with Gasteiger partial charge >= 0.3 is 0 Å². The Morgan fingerprint density at radius 1 is 1.20 bits per heavy atom. The second-order valence-corrected chi connectivity index (χ2v) is 8.43. The maximum Gasteiger partial charge on any atom is 0.240 e. The van der Waals surface area contributed by atoms with Crippen molar-refractivity contribution >= 4 is 36.0 Å². The number of hydrogen-bond donors (Lipinski definition) is 1. The van der Waals surface area contributed by atoms with Crippen molar-refractivity contribution in [2.24, 2.45) is 5.92 Å². The van der Waals surface area contributed by atoms with Gasteiger partial charge < -0.3 is 9.84 Å². The van der Waals surface area contributed by atoms with Crippen LogP contribution in [0.15, 0.2) is 48.5 Å². The maximum atomic E-state index is 9.52. The summed E-state index contributed by atoms with van der Waals surface area (Å²) in [5, 5.41) is 16.0. The molecule has 0 aliphatic carbocycles. The van der Waals surface area contributed by atoms with Crippen LogP contribution in [0.2, 0.25) is 5.02 Å².